The fraction of sp³-hybridized carbons (Fsp3) is 0. The second-order valence-corrected chi connectivity index (χ2v) is 6.30. The Kier molecular flexibility index (Phi) is 7.42. The third-order valence-corrected chi connectivity index (χ3v) is 4.03. The molecular weight excluding hydrogens is 412 g/mol. The summed E-state index contributed by atoms with van der Waals surface area (Å²) < 4.78 is 4.93. The molecule has 32 heavy (non-hydrogen) atoms. The number of hydrazone groups is 1. The highest BCUT2D eigenvalue weighted by atomic mass is 16.6. The van der Waals surface area contributed by atoms with E-state index in [-0.39, 0.29) is 11.5 Å². The van der Waals surface area contributed by atoms with E-state index in [1.807, 2.05) is 30.3 Å². The normalized spacial score (nSPS) is 11.6. The number of allylic oxidation sites excluding steroid dienone is 2. The Bertz CT molecular complexity index is 1180. The quantitative estimate of drug-likeness (QED) is 0.185. The van der Waals surface area contributed by atoms with E-state index >= 15 is 0 Å². The summed E-state index contributed by atoms with van der Waals surface area (Å²) in [7, 11) is 0. The number of nitrogens with one attached hydrogen (secondary N) is 2. The molecule has 0 saturated carbocycles. The zero-order valence-electron chi connectivity index (χ0n) is 16.7. The summed E-state index contributed by atoms with van der Waals surface area (Å²) in [5, 5.41) is 16.9. The molecule has 0 bridgehead atoms. The lowest BCUT2D eigenvalue weighted by molar-refractivity contribution is -0.402. The van der Waals surface area contributed by atoms with Gasteiger partial charge in [-0.05, 0) is 29.8 Å². The number of rotatable bonds is 8. The summed E-state index contributed by atoms with van der Waals surface area (Å²) in [6.45, 7) is 0. The smallest absolute Gasteiger partial charge is 0.400 e. The Morgan fingerprint density at radius 3 is 2.31 bits per heavy atom. The number of nitro groups is 1. The molecule has 3 aromatic rings. The van der Waals surface area contributed by atoms with E-state index in [1.54, 1.807) is 42.5 Å². The zero-order valence-corrected chi connectivity index (χ0v) is 16.7. The highest BCUT2D eigenvalue weighted by Crippen LogP contribution is 2.13. The molecule has 9 nitrogen and oxygen atoms in total. The van der Waals surface area contributed by atoms with E-state index < -0.39 is 22.6 Å². The van der Waals surface area contributed by atoms with Crippen molar-refractivity contribution in [3.8, 4) is 0 Å². The summed E-state index contributed by atoms with van der Waals surface area (Å²) in [5.41, 5.74) is 3.50. The number of amides is 2. The Balaban J connectivity index is 1.73. The lowest BCUT2D eigenvalue weighted by Gasteiger charge is -2.08. The van der Waals surface area contributed by atoms with Crippen molar-refractivity contribution in [1.82, 2.24) is 10.7 Å². The predicted octanol–water partition coefficient (Wildman–Crippen LogP) is 3.67. The predicted molar refractivity (Wildman–Crippen MR) is 119 cm³/mol. The van der Waals surface area contributed by atoms with Crippen LogP contribution in [-0.4, -0.2) is 23.0 Å². The molecule has 0 saturated heterocycles. The average molecular weight is 430 g/mol. The first kappa shape index (κ1) is 21.9. The Morgan fingerprint density at radius 2 is 1.66 bits per heavy atom. The van der Waals surface area contributed by atoms with Crippen LogP contribution in [0, 0.1) is 10.1 Å². The van der Waals surface area contributed by atoms with Crippen LogP contribution in [0.25, 0.3) is 6.08 Å². The molecule has 0 aliphatic rings. The molecule has 2 N–H and O–H groups in total. The molecule has 0 aliphatic carbocycles. The van der Waals surface area contributed by atoms with Gasteiger partial charge in [0.2, 0.25) is 0 Å². The molecule has 0 spiro atoms. The third-order valence-electron chi connectivity index (χ3n) is 4.03. The van der Waals surface area contributed by atoms with E-state index in [0.717, 1.165) is 11.8 Å². The van der Waals surface area contributed by atoms with Gasteiger partial charge in [-0.2, -0.15) is 5.10 Å². The minimum absolute atomic E-state index is 0.0476. The second kappa shape index (κ2) is 10.8. The Morgan fingerprint density at radius 1 is 0.969 bits per heavy atom. The van der Waals surface area contributed by atoms with Crippen LogP contribution in [0.3, 0.4) is 0 Å². The number of carbonyl (C=O) groups is 2. The fourth-order valence-corrected chi connectivity index (χ4v) is 2.50. The molecule has 0 radical (unpaired) electrons. The van der Waals surface area contributed by atoms with Crippen LogP contribution >= 0.6 is 0 Å². The third kappa shape index (κ3) is 6.36. The maximum absolute atomic E-state index is 12.6. The van der Waals surface area contributed by atoms with Crippen LogP contribution < -0.4 is 10.7 Å². The lowest BCUT2D eigenvalue weighted by atomic mass is 10.2. The van der Waals surface area contributed by atoms with Crippen LogP contribution in [0.1, 0.15) is 21.7 Å². The highest BCUT2D eigenvalue weighted by Gasteiger charge is 2.14. The molecule has 2 amide bonds. The van der Waals surface area contributed by atoms with E-state index in [2.05, 4.69) is 15.8 Å². The Labute approximate surface area is 182 Å². The minimum atomic E-state index is -0.690. The molecule has 1 heterocycles. The molecular formula is C23H18N4O5. The van der Waals surface area contributed by atoms with Crippen LogP contribution in [0.4, 0.5) is 5.88 Å². The van der Waals surface area contributed by atoms with Gasteiger partial charge in [0, 0.05) is 5.56 Å². The number of furan rings is 1. The SMILES string of the molecule is O=C(NN=Cc1ccc([N+](=O)[O-])o1)C(=CC=Cc1ccccc1)NC(=O)c1ccccc1. The number of carbonyl (C=O) groups excluding carboxylic acids is 2. The van der Waals surface area contributed by atoms with Crippen molar-refractivity contribution in [3.63, 3.8) is 0 Å². The van der Waals surface area contributed by atoms with Gasteiger partial charge >= 0.3 is 5.88 Å². The van der Waals surface area contributed by atoms with E-state index in [9.17, 15) is 19.7 Å². The van der Waals surface area contributed by atoms with Gasteiger partial charge in [-0.25, -0.2) is 5.43 Å². The molecule has 9 heteroatoms. The van der Waals surface area contributed by atoms with Crippen molar-refractivity contribution >= 4 is 30.0 Å². The molecule has 1 aromatic heterocycles. The van der Waals surface area contributed by atoms with Gasteiger partial charge < -0.3 is 9.73 Å². The van der Waals surface area contributed by atoms with Crippen molar-refractivity contribution in [2.45, 2.75) is 0 Å². The molecule has 0 atom stereocenters. The van der Waals surface area contributed by atoms with Gasteiger partial charge in [-0.15, -0.1) is 0 Å². The maximum Gasteiger partial charge on any atom is 0.433 e. The first-order valence-corrected chi connectivity index (χ1v) is 9.40. The van der Waals surface area contributed by atoms with Crippen molar-refractivity contribution in [3.05, 3.63) is 118 Å². The largest absolute Gasteiger partial charge is 0.433 e. The van der Waals surface area contributed by atoms with Crippen molar-refractivity contribution in [2.24, 2.45) is 5.10 Å². The van der Waals surface area contributed by atoms with E-state index in [1.165, 1.54) is 18.2 Å². The highest BCUT2D eigenvalue weighted by molar-refractivity contribution is 6.03. The van der Waals surface area contributed by atoms with Crippen LogP contribution in [0.2, 0.25) is 0 Å². The van der Waals surface area contributed by atoms with Gasteiger partial charge in [0.15, 0.2) is 5.76 Å². The lowest BCUT2D eigenvalue weighted by Crippen LogP contribution is -2.32. The first-order valence-electron chi connectivity index (χ1n) is 9.40. The molecule has 2 aromatic carbocycles. The van der Waals surface area contributed by atoms with Gasteiger partial charge in [-0.1, -0.05) is 60.7 Å². The van der Waals surface area contributed by atoms with Crippen LogP contribution in [-0.2, 0) is 4.79 Å². The van der Waals surface area contributed by atoms with Crippen LogP contribution in [0.5, 0.6) is 0 Å². The van der Waals surface area contributed by atoms with Gasteiger partial charge in [0.1, 0.15) is 10.6 Å². The number of nitrogens with zero attached hydrogens (tertiary/aromatic N) is 2. The number of hydrogen-bond donors (Lipinski definition) is 2. The van der Waals surface area contributed by atoms with Gasteiger partial charge in [-0.3, -0.25) is 19.7 Å². The fourth-order valence-electron chi connectivity index (χ4n) is 2.50. The standard InChI is InChI=1S/C23H18N4O5/c28-22(18-11-5-2-6-12-18)25-20(13-7-10-17-8-3-1-4-9-17)23(29)26-24-16-19-14-15-21(32-19)27(30)31/h1-16H,(H,25,28)(H,26,29). The Hall–Kier alpha value is -4.79. The first-order chi connectivity index (χ1) is 15.5. The van der Waals surface area contributed by atoms with Gasteiger partial charge in [0.05, 0.1) is 12.3 Å². The van der Waals surface area contributed by atoms with Crippen molar-refractivity contribution in [2.75, 3.05) is 0 Å². The van der Waals surface area contributed by atoms with E-state index in [0.29, 0.717) is 5.56 Å². The summed E-state index contributed by atoms with van der Waals surface area (Å²) in [5.74, 6) is -1.52. The van der Waals surface area contributed by atoms with Gasteiger partial charge in [0.25, 0.3) is 11.8 Å². The zero-order chi connectivity index (χ0) is 22.8. The molecule has 3 rings (SSSR count). The topological polar surface area (TPSA) is 127 Å². The molecule has 160 valence electrons. The van der Waals surface area contributed by atoms with Crippen LogP contribution in [0.15, 0.2) is 100 Å². The van der Waals surface area contributed by atoms with Crippen molar-refractivity contribution in [1.29, 1.82) is 0 Å². The molecule has 0 unspecified atom stereocenters. The number of hydrogen-bond acceptors (Lipinski definition) is 6. The minimum Gasteiger partial charge on any atom is -0.400 e. The molecule has 0 aliphatic heterocycles. The second-order valence-electron chi connectivity index (χ2n) is 6.30. The summed E-state index contributed by atoms with van der Waals surface area (Å²) in [6.07, 6.45) is 5.94. The summed E-state index contributed by atoms with van der Waals surface area (Å²) in [4.78, 5) is 35.0. The summed E-state index contributed by atoms with van der Waals surface area (Å²) in [6, 6.07) is 20.4. The monoisotopic (exact) mass is 430 g/mol. The number of benzene rings is 2. The average Bonchev–Trinajstić information content (AvgIpc) is 3.29. The maximum atomic E-state index is 12.6. The van der Waals surface area contributed by atoms with Crippen molar-refractivity contribution < 1.29 is 18.9 Å². The van der Waals surface area contributed by atoms with E-state index in [4.69, 9.17) is 4.42 Å². The summed E-state index contributed by atoms with van der Waals surface area (Å²) >= 11 is 0. The molecule has 0 fully saturated rings.